The summed E-state index contributed by atoms with van der Waals surface area (Å²) in [6, 6.07) is 5.87. The van der Waals surface area contributed by atoms with Crippen LogP contribution in [-0.2, 0) is 9.47 Å². The lowest BCUT2D eigenvalue weighted by Gasteiger charge is -2.33. The number of piperidine rings is 2. The minimum absolute atomic E-state index is 0.0260. The van der Waals surface area contributed by atoms with Crippen molar-refractivity contribution in [3.8, 4) is 11.5 Å². The number of nitro benzene ring substituents is 1. The maximum atomic E-state index is 12.1. The molecule has 0 aliphatic carbocycles. The molecule has 286 valence electrons. The Morgan fingerprint density at radius 3 is 1.40 bits per heavy atom. The lowest BCUT2D eigenvalue weighted by atomic mass is 10.1. The summed E-state index contributed by atoms with van der Waals surface area (Å²) in [5.41, 5.74) is 17.3. The van der Waals surface area contributed by atoms with Crippen molar-refractivity contribution in [1.82, 2.24) is 9.80 Å². The normalized spacial score (nSPS) is 15.5. The molecule has 2 fully saturated rings. The van der Waals surface area contributed by atoms with E-state index in [4.69, 9.17) is 36.1 Å². The van der Waals surface area contributed by atoms with Crippen LogP contribution in [0.5, 0.6) is 11.5 Å². The van der Waals surface area contributed by atoms with Crippen LogP contribution in [0.1, 0.15) is 99.1 Å². The largest absolute Gasteiger partial charge is 0.489 e. The zero-order chi connectivity index (χ0) is 39.1. The lowest BCUT2D eigenvalue weighted by molar-refractivity contribution is -0.385. The van der Waals surface area contributed by atoms with Crippen molar-refractivity contribution in [3.05, 3.63) is 56.6 Å². The Labute approximate surface area is 304 Å². The first-order chi connectivity index (χ1) is 24.0. The number of hydrogen-bond acceptors (Lipinski definition) is 11. The third-order valence-electron chi connectivity index (χ3n) is 8.17. The van der Waals surface area contributed by atoms with Crippen molar-refractivity contribution in [2.45, 2.75) is 104 Å². The van der Waals surface area contributed by atoms with Gasteiger partial charge in [0, 0.05) is 69.2 Å². The summed E-state index contributed by atoms with van der Waals surface area (Å²) < 4.78 is 22.6. The number of primary amides is 2. The number of nitro groups is 1. The molecule has 0 unspecified atom stereocenters. The fraction of sp³-hybridized carbons (Fsp3) is 0.556. The van der Waals surface area contributed by atoms with Crippen LogP contribution in [0.4, 0.5) is 21.0 Å². The molecule has 0 atom stereocenters. The second-order valence-corrected chi connectivity index (χ2v) is 14.9. The van der Waals surface area contributed by atoms with Gasteiger partial charge in [0.1, 0.15) is 34.9 Å². The molecule has 2 aromatic rings. The van der Waals surface area contributed by atoms with E-state index in [1.54, 1.807) is 28.9 Å². The van der Waals surface area contributed by atoms with Gasteiger partial charge in [-0.15, -0.1) is 0 Å². The molecule has 0 saturated carbocycles. The van der Waals surface area contributed by atoms with E-state index in [0.717, 1.165) is 11.6 Å². The second kappa shape index (κ2) is 16.8. The van der Waals surface area contributed by atoms with Gasteiger partial charge >= 0.3 is 12.2 Å². The molecule has 0 aromatic heterocycles. The zero-order valence-corrected chi connectivity index (χ0v) is 31.3. The smallest absolute Gasteiger partial charge is 0.410 e. The van der Waals surface area contributed by atoms with Crippen molar-refractivity contribution in [3.63, 3.8) is 0 Å². The number of carbonyl (C=O) groups excluding carboxylic acids is 4. The van der Waals surface area contributed by atoms with E-state index in [9.17, 15) is 29.3 Å². The molecule has 4 rings (SSSR count). The van der Waals surface area contributed by atoms with Crippen molar-refractivity contribution in [1.29, 1.82) is 0 Å². The molecule has 4 amide bonds. The van der Waals surface area contributed by atoms with Gasteiger partial charge in [0.2, 0.25) is 0 Å². The highest BCUT2D eigenvalue weighted by atomic mass is 16.6. The van der Waals surface area contributed by atoms with Crippen molar-refractivity contribution >= 4 is 35.4 Å². The van der Waals surface area contributed by atoms with Crippen LogP contribution in [-0.4, -0.2) is 88.3 Å². The highest BCUT2D eigenvalue weighted by molar-refractivity contribution is 5.97. The molecule has 2 aromatic carbocycles. The summed E-state index contributed by atoms with van der Waals surface area (Å²) in [4.78, 5) is 61.3. The van der Waals surface area contributed by atoms with Gasteiger partial charge in [0.05, 0.1) is 16.1 Å². The van der Waals surface area contributed by atoms with Gasteiger partial charge in [-0.3, -0.25) is 19.7 Å². The number of carbonyl (C=O) groups is 4. The first-order valence-corrected chi connectivity index (χ1v) is 17.1. The van der Waals surface area contributed by atoms with Crippen LogP contribution in [0.15, 0.2) is 24.3 Å². The van der Waals surface area contributed by atoms with E-state index in [-0.39, 0.29) is 47.0 Å². The Balaban J connectivity index is 0.000000281. The van der Waals surface area contributed by atoms with Gasteiger partial charge < -0.3 is 45.9 Å². The zero-order valence-electron chi connectivity index (χ0n) is 31.3. The number of likely N-dealkylation sites (tertiary alicyclic amines) is 2. The highest BCUT2D eigenvalue weighted by Gasteiger charge is 2.30. The summed E-state index contributed by atoms with van der Waals surface area (Å²) in [7, 11) is 0. The standard InChI is InChI=1S/C18H25N3O6.C18H27N3O4/c1-11-9-15(13(16(19)22)10-14(11)21(24)25)26-12-5-7-20(8-6-12)17(23)27-18(2,3)4;1-11-9-15(13(16(20)22)10-14(11)19)24-12-5-7-21(8-6-12)17(23)25-18(2,3)4/h9-10,12H,5-8H2,1-4H3,(H2,19,22);9-10,12H,5-8,19H2,1-4H3,(H2,20,22). The number of ether oxygens (including phenoxy) is 4. The Morgan fingerprint density at radius 2 is 1.06 bits per heavy atom. The molecule has 0 spiro atoms. The number of benzene rings is 2. The number of nitrogens with two attached hydrogens (primary N) is 3. The number of hydrogen-bond donors (Lipinski definition) is 3. The van der Waals surface area contributed by atoms with Crippen LogP contribution in [0.3, 0.4) is 0 Å². The summed E-state index contributed by atoms with van der Waals surface area (Å²) in [6.45, 7) is 16.4. The molecule has 0 bridgehead atoms. The topological polar surface area (TPSA) is 233 Å². The molecule has 16 heteroatoms. The third-order valence-corrected chi connectivity index (χ3v) is 8.17. The maximum Gasteiger partial charge on any atom is 0.410 e. The minimum atomic E-state index is -0.792. The van der Waals surface area contributed by atoms with E-state index >= 15 is 0 Å². The van der Waals surface area contributed by atoms with Crippen LogP contribution in [0.25, 0.3) is 0 Å². The number of aryl methyl sites for hydroxylation is 2. The molecule has 6 N–H and O–H groups in total. The first-order valence-electron chi connectivity index (χ1n) is 17.1. The number of nitrogens with zero attached hydrogens (tertiary/aromatic N) is 3. The predicted molar refractivity (Wildman–Crippen MR) is 193 cm³/mol. The monoisotopic (exact) mass is 728 g/mol. The average molecular weight is 729 g/mol. The van der Waals surface area contributed by atoms with Gasteiger partial charge in [-0.1, -0.05) is 0 Å². The minimum Gasteiger partial charge on any atom is -0.489 e. The summed E-state index contributed by atoms with van der Waals surface area (Å²) >= 11 is 0. The SMILES string of the molecule is Cc1cc(OC2CCN(C(=O)OC(C)(C)C)CC2)c(C(N)=O)cc1N.Cc1cc(OC2CCN(C(=O)OC(C)(C)C)CC2)c(C(N)=O)cc1[N+](=O)[O-]. The van der Waals surface area contributed by atoms with E-state index in [1.807, 2.05) is 48.5 Å². The van der Waals surface area contributed by atoms with Crippen LogP contribution >= 0.6 is 0 Å². The fourth-order valence-corrected chi connectivity index (χ4v) is 5.47. The van der Waals surface area contributed by atoms with Gasteiger partial charge in [-0.2, -0.15) is 0 Å². The molecular weight excluding hydrogens is 676 g/mol. The average Bonchev–Trinajstić information content (AvgIpc) is 3.01. The quantitative estimate of drug-likeness (QED) is 0.190. The van der Waals surface area contributed by atoms with Crippen LogP contribution in [0, 0.1) is 24.0 Å². The summed E-state index contributed by atoms with van der Waals surface area (Å²) in [6.07, 6.45) is 1.39. The molecular formula is C36H52N6O10. The maximum absolute atomic E-state index is 12.1. The number of rotatable bonds is 7. The molecule has 0 radical (unpaired) electrons. The van der Waals surface area contributed by atoms with E-state index in [1.165, 1.54) is 6.07 Å². The Kier molecular flexibility index (Phi) is 13.3. The van der Waals surface area contributed by atoms with Crippen molar-refractivity contribution in [2.24, 2.45) is 11.5 Å². The van der Waals surface area contributed by atoms with Gasteiger partial charge in [-0.25, -0.2) is 9.59 Å². The van der Waals surface area contributed by atoms with Crippen molar-refractivity contribution < 1.29 is 43.0 Å². The summed E-state index contributed by atoms with van der Waals surface area (Å²) in [5.74, 6) is -0.705. The van der Waals surface area contributed by atoms with Crippen LogP contribution < -0.4 is 26.7 Å². The molecule has 52 heavy (non-hydrogen) atoms. The Morgan fingerprint density at radius 1 is 0.692 bits per heavy atom. The van der Waals surface area contributed by atoms with Crippen LogP contribution in [0.2, 0.25) is 0 Å². The first kappa shape index (κ1) is 41.1. The number of anilines is 1. The van der Waals surface area contributed by atoms with E-state index in [2.05, 4.69) is 0 Å². The van der Waals surface area contributed by atoms with Gasteiger partial charge in [0.25, 0.3) is 17.5 Å². The highest BCUT2D eigenvalue weighted by Crippen LogP contribution is 2.31. The Bertz CT molecular complexity index is 1650. The molecule has 2 aliphatic rings. The second-order valence-electron chi connectivity index (χ2n) is 14.9. The van der Waals surface area contributed by atoms with Gasteiger partial charge in [-0.05, 0) is 79.2 Å². The predicted octanol–water partition coefficient (Wildman–Crippen LogP) is 5.23. The molecule has 16 nitrogen and oxygen atoms in total. The fourth-order valence-electron chi connectivity index (χ4n) is 5.47. The van der Waals surface area contributed by atoms with E-state index < -0.39 is 27.9 Å². The third kappa shape index (κ3) is 11.9. The number of amides is 4. The summed E-state index contributed by atoms with van der Waals surface area (Å²) in [5, 5.41) is 11.1. The molecule has 2 aliphatic heterocycles. The van der Waals surface area contributed by atoms with Crippen molar-refractivity contribution in [2.75, 3.05) is 31.9 Å². The lowest BCUT2D eigenvalue weighted by Crippen LogP contribution is -2.44. The number of nitrogen functional groups attached to an aromatic ring is 1. The van der Waals surface area contributed by atoms with E-state index in [0.29, 0.717) is 68.9 Å². The molecule has 2 saturated heterocycles. The molecule has 2 heterocycles. The van der Waals surface area contributed by atoms with Gasteiger partial charge in [0.15, 0.2) is 0 Å². The Hall–Kier alpha value is -5.28.